The zero-order valence-electron chi connectivity index (χ0n) is 10.6. The van der Waals surface area contributed by atoms with Gasteiger partial charge in [0, 0.05) is 12.1 Å². The van der Waals surface area contributed by atoms with E-state index in [0.29, 0.717) is 12.1 Å². The molecule has 0 unspecified atom stereocenters. The molecule has 96 valence electrons. The van der Waals surface area contributed by atoms with E-state index in [-0.39, 0.29) is 6.42 Å². The van der Waals surface area contributed by atoms with Gasteiger partial charge in [0.2, 0.25) is 0 Å². The Kier molecular flexibility index (Phi) is 3.22. The van der Waals surface area contributed by atoms with E-state index in [4.69, 9.17) is 5.11 Å². The number of carboxylic acids is 1. The van der Waals surface area contributed by atoms with Gasteiger partial charge in [-0.3, -0.25) is 4.99 Å². The van der Waals surface area contributed by atoms with Crippen molar-refractivity contribution in [1.29, 1.82) is 0 Å². The second-order valence-electron chi connectivity index (χ2n) is 4.71. The van der Waals surface area contributed by atoms with Gasteiger partial charge in [0.05, 0.1) is 0 Å². The minimum atomic E-state index is -1.23. The first-order chi connectivity index (χ1) is 8.47. The first kappa shape index (κ1) is 12.8. The van der Waals surface area contributed by atoms with Crippen molar-refractivity contribution in [2.75, 3.05) is 0 Å². The Morgan fingerprint density at radius 1 is 1.44 bits per heavy atom. The lowest BCUT2D eigenvalue weighted by atomic mass is 9.85. The Morgan fingerprint density at radius 2 is 2.06 bits per heavy atom. The molecule has 0 spiro atoms. The number of aliphatic imine (C=N–C) groups is 1. The Morgan fingerprint density at radius 3 is 2.56 bits per heavy atom. The minimum absolute atomic E-state index is 0.120. The van der Waals surface area contributed by atoms with Crippen LogP contribution in [0.4, 0.5) is 0 Å². The standard InChI is InChI=1S/C14H17NO3/c1-3-12-14(18,8-11(15-12)13(16)17)10-6-4-9(2)5-7-10/h4-7,11,18H,3,8H2,1-2H3,(H,16,17)/t11-,14-/m0/s1. The average molecular weight is 247 g/mol. The Bertz CT molecular complexity index is 492. The van der Waals surface area contributed by atoms with Gasteiger partial charge in [0.15, 0.2) is 6.04 Å². The number of nitrogens with zero attached hydrogens (tertiary/aromatic N) is 1. The van der Waals surface area contributed by atoms with Crippen LogP contribution in [-0.2, 0) is 10.4 Å². The third-order valence-corrected chi connectivity index (χ3v) is 3.43. The number of hydrogen-bond donors (Lipinski definition) is 2. The molecule has 1 aliphatic rings. The SMILES string of the molecule is CCC1=N[C@H](C(=O)O)C[C@]1(O)c1ccc(C)cc1. The van der Waals surface area contributed by atoms with Crippen LogP contribution in [0.25, 0.3) is 0 Å². The number of hydrogen-bond acceptors (Lipinski definition) is 3. The van der Waals surface area contributed by atoms with E-state index >= 15 is 0 Å². The van der Waals surface area contributed by atoms with Crippen molar-refractivity contribution < 1.29 is 15.0 Å². The van der Waals surface area contributed by atoms with Crippen LogP contribution in [0.5, 0.6) is 0 Å². The molecule has 2 rings (SSSR count). The lowest BCUT2D eigenvalue weighted by molar-refractivity contribution is -0.139. The monoisotopic (exact) mass is 247 g/mol. The van der Waals surface area contributed by atoms with Crippen molar-refractivity contribution in [2.45, 2.75) is 38.3 Å². The van der Waals surface area contributed by atoms with Crippen LogP contribution in [0, 0.1) is 6.92 Å². The molecule has 1 aromatic carbocycles. The van der Waals surface area contributed by atoms with Gasteiger partial charge in [-0.2, -0.15) is 0 Å². The summed E-state index contributed by atoms with van der Waals surface area (Å²) in [5, 5.41) is 19.8. The summed E-state index contributed by atoms with van der Waals surface area (Å²) < 4.78 is 0. The van der Waals surface area contributed by atoms with Crippen LogP contribution in [0.15, 0.2) is 29.3 Å². The van der Waals surface area contributed by atoms with Gasteiger partial charge in [-0.1, -0.05) is 36.8 Å². The second kappa shape index (κ2) is 4.53. The van der Waals surface area contributed by atoms with Crippen molar-refractivity contribution in [2.24, 2.45) is 4.99 Å². The molecule has 0 aromatic heterocycles. The summed E-state index contributed by atoms with van der Waals surface area (Å²) in [5.74, 6) is -0.982. The molecule has 0 bridgehead atoms. The summed E-state index contributed by atoms with van der Waals surface area (Å²) in [4.78, 5) is 15.1. The van der Waals surface area contributed by atoms with Crippen LogP contribution in [0.3, 0.4) is 0 Å². The quantitative estimate of drug-likeness (QED) is 0.857. The number of aliphatic carboxylic acids is 1. The maximum atomic E-state index is 11.0. The zero-order chi connectivity index (χ0) is 13.3. The molecule has 4 heteroatoms. The number of rotatable bonds is 3. The smallest absolute Gasteiger partial charge is 0.328 e. The van der Waals surface area contributed by atoms with E-state index in [1.165, 1.54) is 0 Å². The van der Waals surface area contributed by atoms with Crippen molar-refractivity contribution in [3.63, 3.8) is 0 Å². The average Bonchev–Trinajstić information content (AvgIpc) is 2.68. The Hall–Kier alpha value is -1.68. The molecule has 0 radical (unpaired) electrons. The van der Waals surface area contributed by atoms with E-state index < -0.39 is 17.6 Å². The molecule has 0 saturated carbocycles. The molecule has 18 heavy (non-hydrogen) atoms. The van der Waals surface area contributed by atoms with Crippen LogP contribution in [0.1, 0.15) is 30.9 Å². The highest BCUT2D eigenvalue weighted by atomic mass is 16.4. The van der Waals surface area contributed by atoms with Crippen LogP contribution >= 0.6 is 0 Å². The molecule has 1 aliphatic heterocycles. The van der Waals surface area contributed by atoms with Gasteiger partial charge in [0.1, 0.15) is 5.60 Å². The van der Waals surface area contributed by atoms with Crippen molar-refractivity contribution in [3.8, 4) is 0 Å². The molecular weight excluding hydrogens is 230 g/mol. The summed E-state index contributed by atoms with van der Waals surface area (Å²) in [6.07, 6.45) is 0.669. The van der Waals surface area contributed by atoms with Crippen LogP contribution < -0.4 is 0 Å². The van der Waals surface area contributed by atoms with Crippen LogP contribution in [-0.4, -0.2) is 27.9 Å². The molecular formula is C14H17NO3. The summed E-state index contributed by atoms with van der Waals surface area (Å²) in [5.41, 5.74) is 1.15. The summed E-state index contributed by atoms with van der Waals surface area (Å²) in [7, 11) is 0. The normalized spacial score (nSPS) is 27.1. The van der Waals surface area contributed by atoms with Crippen molar-refractivity contribution in [3.05, 3.63) is 35.4 Å². The van der Waals surface area contributed by atoms with Crippen LogP contribution in [0.2, 0.25) is 0 Å². The molecule has 1 heterocycles. The molecule has 2 atom stereocenters. The molecule has 4 nitrogen and oxygen atoms in total. The molecule has 0 aliphatic carbocycles. The maximum absolute atomic E-state index is 11.0. The molecule has 1 aromatic rings. The van der Waals surface area contributed by atoms with E-state index in [9.17, 15) is 9.90 Å². The number of aryl methyl sites for hydroxylation is 1. The van der Waals surface area contributed by atoms with Gasteiger partial charge in [-0.15, -0.1) is 0 Å². The fourth-order valence-corrected chi connectivity index (χ4v) is 2.38. The highest BCUT2D eigenvalue weighted by molar-refractivity contribution is 5.98. The predicted molar refractivity (Wildman–Crippen MR) is 68.8 cm³/mol. The number of carbonyl (C=O) groups is 1. The van der Waals surface area contributed by atoms with Gasteiger partial charge in [-0.25, -0.2) is 4.79 Å². The third-order valence-electron chi connectivity index (χ3n) is 3.43. The van der Waals surface area contributed by atoms with E-state index in [1.807, 2.05) is 38.1 Å². The summed E-state index contributed by atoms with van der Waals surface area (Å²) in [6.45, 7) is 3.85. The number of benzene rings is 1. The molecule has 2 N–H and O–H groups in total. The minimum Gasteiger partial charge on any atom is -0.480 e. The second-order valence-corrected chi connectivity index (χ2v) is 4.71. The van der Waals surface area contributed by atoms with Gasteiger partial charge in [-0.05, 0) is 18.9 Å². The van der Waals surface area contributed by atoms with E-state index in [0.717, 1.165) is 11.1 Å². The molecule has 0 fully saturated rings. The number of carboxylic acid groups (broad SMARTS) is 1. The predicted octanol–water partition coefficient (Wildman–Crippen LogP) is 1.89. The molecule has 0 saturated heterocycles. The fraction of sp³-hybridized carbons (Fsp3) is 0.429. The highest BCUT2D eigenvalue weighted by Gasteiger charge is 2.44. The summed E-state index contributed by atoms with van der Waals surface area (Å²) in [6, 6.07) is 6.66. The lowest BCUT2D eigenvalue weighted by Gasteiger charge is -2.25. The molecule has 0 amide bonds. The van der Waals surface area contributed by atoms with Crippen molar-refractivity contribution in [1.82, 2.24) is 0 Å². The van der Waals surface area contributed by atoms with Crippen molar-refractivity contribution >= 4 is 11.7 Å². The fourth-order valence-electron chi connectivity index (χ4n) is 2.38. The Labute approximate surface area is 106 Å². The summed E-state index contributed by atoms with van der Waals surface area (Å²) >= 11 is 0. The zero-order valence-corrected chi connectivity index (χ0v) is 10.6. The van der Waals surface area contributed by atoms with Gasteiger partial charge < -0.3 is 10.2 Å². The first-order valence-electron chi connectivity index (χ1n) is 6.07. The third kappa shape index (κ3) is 2.04. The van der Waals surface area contributed by atoms with E-state index in [1.54, 1.807) is 0 Å². The number of aliphatic hydroxyl groups is 1. The largest absolute Gasteiger partial charge is 0.480 e. The lowest BCUT2D eigenvalue weighted by Crippen LogP contribution is -2.33. The van der Waals surface area contributed by atoms with E-state index in [2.05, 4.69) is 4.99 Å². The van der Waals surface area contributed by atoms with Gasteiger partial charge in [0.25, 0.3) is 0 Å². The maximum Gasteiger partial charge on any atom is 0.328 e. The van der Waals surface area contributed by atoms with Gasteiger partial charge >= 0.3 is 5.97 Å². The highest BCUT2D eigenvalue weighted by Crippen LogP contribution is 2.36. The first-order valence-corrected chi connectivity index (χ1v) is 6.07. The Balaban J connectivity index is 2.39. The topological polar surface area (TPSA) is 69.9 Å².